The number of hydrogen-bond acceptors (Lipinski definition) is 6. The van der Waals surface area contributed by atoms with Crippen LogP contribution in [0.2, 0.25) is 15.1 Å². The van der Waals surface area contributed by atoms with E-state index in [0.29, 0.717) is 22.3 Å². The smallest absolute Gasteiger partial charge is 0.277 e. The van der Waals surface area contributed by atoms with E-state index in [1.165, 1.54) is 17.5 Å². The molecule has 3 aromatic rings. The average molecular weight is 445 g/mol. The number of ether oxygens (including phenoxy) is 2. The summed E-state index contributed by atoms with van der Waals surface area (Å²) in [5.41, 5.74) is 1.45. The third-order valence-electron chi connectivity index (χ3n) is 3.54. The Morgan fingerprint density at radius 2 is 1.85 bits per heavy atom. The number of carbonyl (C=O) groups excluding carboxylic acids is 1. The lowest BCUT2D eigenvalue weighted by molar-refractivity contribution is 0.102. The molecule has 1 aromatic carbocycles. The van der Waals surface area contributed by atoms with Gasteiger partial charge in [0.1, 0.15) is 5.69 Å². The normalized spacial score (nSPS) is 10.6. The molecule has 0 aliphatic heterocycles. The zero-order valence-electron chi connectivity index (χ0n) is 14.0. The molecule has 2 heterocycles. The number of amides is 1. The number of carbonyl (C=O) groups is 1. The Bertz CT molecular complexity index is 1010. The van der Waals surface area contributed by atoms with Crippen LogP contribution in [-0.4, -0.2) is 30.1 Å². The Labute approximate surface area is 174 Å². The van der Waals surface area contributed by atoms with Crippen LogP contribution < -0.4 is 14.8 Å². The Hall–Kier alpha value is -2.06. The summed E-state index contributed by atoms with van der Waals surface area (Å²) in [4.78, 5) is 20.7. The van der Waals surface area contributed by atoms with E-state index in [-0.39, 0.29) is 20.8 Å². The Morgan fingerprint density at radius 1 is 1.11 bits per heavy atom. The van der Waals surface area contributed by atoms with Crippen LogP contribution in [0.4, 0.5) is 5.13 Å². The average Bonchev–Trinajstić information content (AvgIpc) is 3.13. The molecule has 1 N–H and O–H groups in total. The van der Waals surface area contributed by atoms with Crippen LogP contribution in [-0.2, 0) is 0 Å². The van der Waals surface area contributed by atoms with Crippen LogP contribution in [0.15, 0.2) is 29.8 Å². The molecule has 2 aromatic heterocycles. The van der Waals surface area contributed by atoms with Gasteiger partial charge in [0.15, 0.2) is 16.6 Å². The predicted molar refractivity (Wildman–Crippen MR) is 108 cm³/mol. The fourth-order valence-corrected chi connectivity index (χ4v) is 3.50. The number of halogens is 3. The Kier molecular flexibility index (Phi) is 6.06. The summed E-state index contributed by atoms with van der Waals surface area (Å²) in [6.07, 6.45) is 1.27. The molecule has 0 aliphatic carbocycles. The second-order valence-electron chi connectivity index (χ2n) is 5.14. The molecule has 140 valence electrons. The quantitative estimate of drug-likeness (QED) is 0.567. The Balaban J connectivity index is 1.82. The summed E-state index contributed by atoms with van der Waals surface area (Å²) in [5.74, 6) is 0.664. The van der Waals surface area contributed by atoms with Crippen molar-refractivity contribution in [1.29, 1.82) is 0 Å². The number of methoxy groups -OCH3 is 2. The van der Waals surface area contributed by atoms with Gasteiger partial charge in [0.25, 0.3) is 5.91 Å². The van der Waals surface area contributed by atoms with Gasteiger partial charge in [-0.3, -0.25) is 10.1 Å². The third kappa shape index (κ3) is 4.11. The minimum absolute atomic E-state index is 0.0154. The maximum absolute atomic E-state index is 12.4. The lowest BCUT2D eigenvalue weighted by Gasteiger charge is -2.08. The van der Waals surface area contributed by atoms with Gasteiger partial charge >= 0.3 is 0 Å². The van der Waals surface area contributed by atoms with E-state index in [1.807, 2.05) is 6.07 Å². The van der Waals surface area contributed by atoms with Crippen LogP contribution in [0, 0.1) is 0 Å². The lowest BCUT2D eigenvalue weighted by atomic mass is 10.1. The number of rotatable bonds is 5. The zero-order valence-corrected chi connectivity index (χ0v) is 17.1. The molecule has 0 atom stereocenters. The summed E-state index contributed by atoms with van der Waals surface area (Å²) < 4.78 is 10.5. The molecule has 0 bridgehead atoms. The van der Waals surface area contributed by atoms with Crippen LogP contribution in [0.3, 0.4) is 0 Å². The van der Waals surface area contributed by atoms with Crippen LogP contribution in [0.5, 0.6) is 11.5 Å². The van der Waals surface area contributed by atoms with Gasteiger partial charge in [0.05, 0.1) is 35.0 Å². The summed E-state index contributed by atoms with van der Waals surface area (Å²) in [5, 5.41) is 5.07. The van der Waals surface area contributed by atoms with E-state index in [2.05, 4.69) is 15.3 Å². The molecule has 0 fully saturated rings. The van der Waals surface area contributed by atoms with Gasteiger partial charge in [-0.25, -0.2) is 9.97 Å². The highest BCUT2D eigenvalue weighted by atomic mass is 35.5. The minimum Gasteiger partial charge on any atom is -0.493 e. The molecule has 0 unspecified atom stereocenters. The fraction of sp³-hybridized carbons (Fsp3) is 0.118. The van der Waals surface area contributed by atoms with E-state index >= 15 is 0 Å². The van der Waals surface area contributed by atoms with E-state index in [0.717, 1.165) is 5.56 Å². The van der Waals surface area contributed by atoms with Crippen molar-refractivity contribution >= 4 is 57.2 Å². The van der Waals surface area contributed by atoms with Crippen molar-refractivity contribution in [2.45, 2.75) is 0 Å². The SMILES string of the molecule is COc1ccc(-c2csc(NC(=O)c3ncc(Cl)c(Cl)c3Cl)n2)cc1OC. The highest BCUT2D eigenvalue weighted by Gasteiger charge is 2.18. The van der Waals surface area contributed by atoms with Gasteiger partial charge < -0.3 is 9.47 Å². The van der Waals surface area contributed by atoms with Crippen LogP contribution in [0.25, 0.3) is 11.3 Å². The molecule has 27 heavy (non-hydrogen) atoms. The number of pyridine rings is 1. The molecule has 0 radical (unpaired) electrons. The summed E-state index contributed by atoms with van der Waals surface area (Å²) in [7, 11) is 3.12. The van der Waals surface area contributed by atoms with E-state index < -0.39 is 5.91 Å². The van der Waals surface area contributed by atoms with Crippen molar-refractivity contribution in [2.24, 2.45) is 0 Å². The highest BCUT2D eigenvalue weighted by molar-refractivity contribution is 7.14. The maximum atomic E-state index is 12.4. The maximum Gasteiger partial charge on any atom is 0.277 e. The number of benzene rings is 1. The lowest BCUT2D eigenvalue weighted by Crippen LogP contribution is -2.14. The van der Waals surface area contributed by atoms with Crippen LogP contribution >= 0.6 is 46.1 Å². The number of aromatic nitrogens is 2. The van der Waals surface area contributed by atoms with E-state index in [4.69, 9.17) is 44.3 Å². The minimum atomic E-state index is -0.535. The molecule has 0 spiro atoms. The predicted octanol–water partition coefficient (Wildman–Crippen LogP) is 5.43. The Morgan fingerprint density at radius 3 is 2.56 bits per heavy atom. The zero-order chi connectivity index (χ0) is 19.6. The molecular weight excluding hydrogens is 433 g/mol. The first-order chi connectivity index (χ1) is 12.9. The number of thiazole rings is 1. The van der Waals surface area contributed by atoms with E-state index in [1.54, 1.807) is 31.7 Å². The van der Waals surface area contributed by atoms with Gasteiger partial charge in [-0.15, -0.1) is 11.3 Å². The van der Waals surface area contributed by atoms with Gasteiger partial charge in [-0.05, 0) is 18.2 Å². The molecular formula is C17H12Cl3N3O3S. The summed E-state index contributed by atoms with van der Waals surface area (Å²) in [6.45, 7) is 0. The molecule has 6 nitrogen and oxygen atoms in total. The standard InChI is InChI=1S/C17H12Cl3N3O3S/c1-25-11-4-3-8(5-12(11)26-2)10-7-27-17(22-10)23-16(24)15-14(20)13(19)9(18)6-21-15/h3-7H,1-2H3,(H,22,23,24). The van der Waals surface area contributed by atoms with Crippen molar-refractivity contribution in [3.63, 3.8) is 0 Å². The van der Waals surface area contributed by atoms with Gasteiger partial charge in [0.2, 0.25) is 0 Å². The molecule has 10 heteroatoms. The molecule has 1 amide bonds. The van der Waals surface area contributed by atoms with Gasteiger partial charge in [-0.1, -0.05) is 34.8 Å². The number of anilines is 1. The summed E-state index contributed by atoms with van der Waals surface area (Å²) >= 11 is 19.1. The second kappa shape index (κ2) is 8.31. The molecule has 3 rings (SSSR count). The highest BCUT2D eigenvalue weighted by Crippen LogP contribution is 2.34. The van der Waals surface area contributed by atoms with Crippen LogP contribution in [0.1, 0.15) is 10.5 Å². The van der Waals surface area contributed by atoms with Crippen molar-refractivity contribution in [2.75, 3.05) is 19.5 Å². The monoisotopic (exact) mass is 443 g/mol. The number of nitrogens with one attached hydrogen (secondary N) is 1. The second-order valence-corrected chi connectivity index (χ2v) is 7.17. The van der Waals surface area contributed by atoms with Crippen molar-refractivity contribution in [3.05, 3.63) is 50.5 Å². The largest absolute Gasteiger partial charge is 0.493 e. The third-order valence-corrected chi connectivity index (χ3v) is 5.53. The van der Waals surface area contributed by atoms with Crippen molar-refractivity contribution in [1.82, 2.24) is 9.97 Å². The summed E-state index contributed by atoms with van der Waals surface area (Å²) in [6, 6.07) is 5.43. The number of hydrogen-bond donors (Lipinski definition) is 1. The first-order valence-electron chi connectivity index (χ1n) is 7.43. The molecule has 0 saturated carbocycles. The van der Waals surface area contributed by atoms with Crippen molar-refractivity contribution in [3.8, 4) is 22.8 Å². The number of nitrogens with zero attached hydrogens (tertiary/aromatic N) is 2. The van der Waals surface area contributed by atoms with Gasteiger partial charge in [0, 0.05) is 17.1 Å². The first-order valence-corrected chi connectivity index (χ1v) is 9.44. The first kappa shape index (κ1) is 19.7. The fourth-order valence-electron chi connectivity index (χ4n) is 2.22. The molecule has 0 saturated heterocycles. The van der Waals surface area contributed by atoms with E-state index in [9.17, 15) is 4.79 Å². The molecule has 0 aliphatic rings. The van der Waals surface area contributed by atoms with Gasteiger partial charge in [-0.2, -0.15) is 0 Å². The van der Waals surface area contributed by atoms with Crippen molar-refractivity contribution < 1.29 is 14.3 Å². The topological polar surface area (TPSA) is 73.3 Å².